The second-order valence-electron chi connectivity index (χ2n) is 4.29. The Morgan fingerprint density at radius 2 is 1.72 bits per heavy atom. The zero-order valence-electron chi connectivity index (χ0n) is 11.0. The van der Waals surface area contributed by atoms with Gasteiger partial charge in [0, 0.05) is 13.1 Å². The Bertz CT molecular complexity index is 525. The highest BCUT2D eigenvalue weighted by Crippen LogP contribution is 2.21. The summed E-state index contributed by atoms with van der Waals surface area (Å²) in [7, 11) is -3.46. The molecule has 0 saturated heterocycles. The molecule has 3 N–H and O–H groups in total. The third-order valence-electron chi connectivity index (χ3n) is 2.57. The summed E-state index contributed by atoms with van der Waals surface area (Å²) in [5, 5.41) is 0. The van der Waals surface area contributed by atoms with Crippen LogP contribution in [0.25, 0.3) is 0 Å². The third kappa shape index (κ3) is 3.66. The Hall–Kier alpha value is -1.17. The van der Waals surface area contributed by atoms with Crippen molar-refractivity contribution in [1.29, 1.82) is 0 Å². The molecule has 0 atom stereocenters. The van der Waals surface area contributed by atoms with Crippen molar-refractivity contribution in [2.24, 2.45) is 5.73 Å². The van der Waals surface area contributed by atoms with E-state index >= 15 is 0 Å². The van der Waals surface area contributed by atoms with Gasteiger partial charge >= 0.3 is 0 Å². The second-order valence-corrected chi connectivity index (χ2v) is 5.99. The predicted molar refractivity (Wildman–Crippen MR) is 74.0 cm³/mol. The lowest BCUT2D eigenvalue weighted by Crippen LogP contribution is -2.25. The van der Waals surface area contributed by atoms with Crippen LogP contribution in [0.3, 0.4) is 0 Å². The van der Waals surface area contributed by atoms with E-state index in [0.29, 0.717) is 11.4 Å². The van der Waals surface area contributed by atoms with Gasteiger partial charge in [0.15, 0.2) is 0 Å². The van der Waals surface area contributed by atoms with Crippen LogP contribution in [0, 0.1) is 20.8 Å². The van der Waals surface area contributed by atoms with Crippen LogP contribution in [-0.2, 0) is 10.0 Å². The summed E-state index contributed by atoms with van der Waals surface area (Å²) in [5.74, 6) is 0. The molecule has 0 amide bonds. The molecule has 0 aliphatic carbocycles. The molecule has 1 rings (SSSR count). The lowest BCUT2D eigenvalue weighted by Gasteiger charge is -2.12. The van der Waals surface area contributed by atoms with Crippen molar-refractivity contribution in [3.8, 4) is 0 Å². The fourth-order valence-electron chi connectivity index (χ4n) is 2.00. The van der Waals surface area contributed by atoms with Crippen molar-refractivity contribution in [3.05, 3.63) is 41.0 Å². The van der Waals surface area contributed by atoms with Crippen molar-refractivity contribution >= 4 is 10.0 Å². The molecule has 0 aliphatic rings. The maximum atomic E-state index is 12.2. The summed E-state index contributed by atoms with van der Waals surface area (Å²) < 4.78 is 26.9. The van der Waals surface area contributed by atoms with Crippen LogP contribution in [0.1, 0.15) is 16.7 Å². The minimum atomic E-state index is -3.46. The maximum Gasteiger partial charge on any atom is 0.241 e. The van der Waals surface area contributed by atoms with E-state index in [1.165, 1.54) is 0 Å². The predicted octanol–water partition coefficient (Wildman–Crippen LogP) is 1.41. The standard InChI is InChI=1S/C13H20N2O2S/c1-10-8-11(2)13(12(3)9-10)18(16,17)15-7-5-4-6-14/h4-5,8-9,15H,6-7,14H2,1-3H3/b5-4+. The van der Waals surface area contributed by atoms with Crippen LogP contribution in [0.4, 0.5) is 0 Å². The number of aryl methyl sites for hydroxylation is 3. The first-order valence-electron chi connectivity index (χ1n) is 5.81. The first kappa shape index (κ1) is 14.9. The zero-order valence-corrected chi connectivity index (χ0v) is 11.8. The summed E-state index contributed by atoms with van der Waals surface area (Å²) in [4.78, 5) is 0.370. The van der Waals surface area contributed by atoms with E-state index in [9.17, 15) is 8.42 Å². The molecule has 18 heavy (non-hydrogen) atoms. The number of nitrogens with two attached hydrogens (primary N) is 1. The van der Waals surface area contributed by atoms with Gasteiger partial charge in [-0.3, -0.25) is 0 Å². The Morgan fingerprint density at radius 1 is 1.17 bits per heavy atom. The highest BCUT2D eigenvalue weighted by atomic mass is 32.2. The summed E-state index contributed by atoms with van der Waals surface area (Å²) in [6.45, 7) is 6.24. The van der Waals surface area contributed by atoms with E-state index < -0.39 is 10.0 Å². The van der Waals surface area contributed by atoms with Gasteiger partial charge < -0.3 is 5.73 Å². The minimum absolute atomic E-state index is 0.256. The van der Waals surface area contributed by atoms with Crippen molar-refractivity contribution in [2.75, 3.05) is 13.1 Å². The van der Waals surface area contributed by atoms with Crippen LogP contribution in [0.5, 0.6) is 0 Å². The first-order valence-corrected chi connectivity index (χ1v) is 7.29. The summed E-state index contributed by atoms with van der Waals surface area (Å²) in [6.07, 6.45) is 3.42. The number of benzene rings is 1. The van der Waals surface area contributed by atoms with Crippen LogP contribution >= 0.6 is 0 Å². The molecule has 0 fully saturated rings. The van der Waals surface area contributed by atoms with Gasteiger partial charge in [-0.2, -0.15) is 0 Å². The summed E-state index contributed by atoms with van der Waals surface area (Å²) in [5.41, 5.74) is 7.89. The minimum Gasteiger partial charge on any atom is -0.327 e. The van der Waals surface area contributed by atoms with E-state index in [4.69, 9.17) is 5.73 Å². The van der Waals surface area contributed by atoms with Gasteiger partial charge in [-0.25, -0.2) is 13.1 Å². The van der Waals surface area contributed by atoms with Crippen LogP contribution in [-0.4, -0.2) is 21.5 Å². The molecule has 0 unspecified atom stereocenters. The molecular formula is C13H20N2O2S. The monoisotopic (exact) mass is 268 g/mol. The second kappa shape index (κ2) is 6.13. The maximum absolute atomic E-state index is 12.2. The Kier molecular flexibility index (Phi) is 5.07. The molecule has 4 nitrogen and oxygen atoms in total. The molecule has 0 spiro atoms. The van der Waals surface area contributed by atoms with Gasteiger partial charge in [-0.1, -0.05) is 29.8 Å². The van der Waals surface area contributed by atoms with Crippen molar-refractivity contribution in [1.82, 2.24) is 4.72 Å². The SMILES string of the molecule is Cc1cc(C)c(S(=O)(=O)NC/C=C/CN)c(C)c1. The largest absolute Gasteiger partial charge is 0.327 e. The van der Waals surface area contributed by atoms with Gasteiger partial charge in [-0.05, 0) is 31.9 Å². The number of nitrogens with one attached hydrogen (secondary N) is 1. The Morgan fingerprint density at radius 3 is 2.22 bits per heavy atom. The fraction of sp³-hybridized carbons (Fsp3) is 0.385. The molecule has 0 saturated carbocycles. The van der Waals surface area contributed by atoms with Gasteiger partial charge in [0.05, 0.1) is 4.90 Å². The molecule has 1 aromatic rings. The average molecular weight is 268 g/mol. The number of hydrogen-bond acceptors (Lipinski definition) is 3. The highest BCUT2D eigenvalue weighted by Gasteiger charge is 2.18. The molecule has 0 aliphatic heterocycles. The first-order chi connectivity index (χ1) is 8.38. The molecular weight excluding hydrogens is 248 g/mol. The number of sulfonamides is 1. The lowest BCUT2D eigenvalue weighted by molar-refractivity contribution is 0.584. The zero-order chi connectivity index (χ0) is 13.8. The van der Waals surface area contributed by atoms with Gasteiger partial charge in [0.25, 0.3) is 0 Å². The molecule has 100 valence electrons. The lowest BCUT2D eigenvalue weighted by atomic mass is 10.1. The Labute approximate surface area is 109 Å². The van der Waals surface area contributed by atoms with Gasteiger partial charge in [0.1, 0.15) is 0 Å². The summed E-state index contributed by atoms with van der Waals surface area (Å²) in [6, 6.07) is 3.74. The topological polar surface area (TPSA) is 72.2 Å². The molecule has 5 heteroatoms. The van der Waals surface area contributed by atoms with E-state index in [1.54, 1.807) is 12.2 Å². The normalized spacial score (nSPS) is 12.2. The van der Waals surface area contributed by atoms with Crippen molar-refractivity contribution < 1.29 is 8.42 Å². The quantitative estimate of drug-likeness (QED) is 0.793. The summed E-state index contributed by atoms with van der Waals surface area (Å²) >= 11 is 0. The van der Waals surface area contributed by atoms with E-state index in [2.05, 4.69) is 4.72 Å². The molecule has 0 bridgehead atoms. The van der Waals surface area contributed by atoms with Crippen LogP contribution in [0.15, 0.2) is 29.2 Å². The van der Waals surface area contributed by atoms with Crippen LogP contribution < -0.4 is 10.5 Å². The fourth-order valence-corrected chi connectivity index (χ4v) is 3.43. The van der Waals surface area contributed by atoms with Gasteiger partial charge in [-0.15, -0.1) is 0 Å². The molecule has 1 aromatic carbocycles. The smallest absolute Gasteiger partial charge is 0.241 e. The van der Waals surface area contributed by atoms with Gasteiger partial charge in [0.2, 0.25) is 10.0 Å². The Balaban J connectivity index is 3.02. The van der Waals surface area contributed by atoms with Crippen molar-refractivity contribution in [3.63, 3.8) is 0 Å². The van der Waals surface area contributed by atoms with E-state index in [1.807, 2.05) is 32.9 Å². The number of rotatable bonds is 5. The van der Waals surface area contributed by atoms with Crippen LogP contribution in [0.2, 0.25) is 0 Å². The third-order valence-corrected chi connectivity index (χ3v) is 4.30. The van der Waals surface area contributed by atoms with E-state index in [0.717, 1.165) is 16.7 Å². The number of hydrogen-bond donors (Lipinski definition) is 2. The average Bonchev–Trinajstić information content (AvgIpc) is 2.22. The van der Waals surface area contributed by atoms with E-state index in [-0.39, 0.29) is 6.54 Å². The van der Waals surface area contributed by atoms with Crippen molar-refractivity contribution in [2.45, 2.75) is 25.7 Å². The molecule has 0 radical (unpaired) electrons. The highest BCUT2D eigenvalue weighted by molar-refractivity contribution is 7.89. The molecule has 0 aromatic heterocycles. The molecule has 0 heterocycles.